The number of aliphatic carboxylic acids is 1. The van der Waals surface area contributed by atoms with Gasteiger partial charge in [0.15, 0.2) is 0 Å². The molecule has 0 amide bonds. The van der Waals surface area contributed by atoms with Crippen LogP contribution in [0, 0.1) is 0 Å². The molecule has 0 saturated carbocycles. The van der Waals surface area contributed by atoms with Gasteiger partial charge in [0, 0.05) is 12.5 Å². The van der Waals surface area contributed by atoms with Gasteiger partial charge < -0.3 is 9.84 Å². The van der Waals surface area contributed by atoms with Crippen molar-refractivity contribution < 1.29 is 19.4 Å². The van der Waals surface area contributed by atoms with Crippen LogP contribution in [-0.2, 0) is 20.9 Å². The normalized spacial score (nSPS) is 8.59. The molecule has 0 atom stereocenters. The Morgan fingerprint density at radius 3 is 2.12 bits per heavy atom. The summed E-state index contributed by atoms with van der Waals surface area (Å²) in [5.74, 6) is -1.18. The second-order valence-corrected chi connectivity index (χ2v) is 3.36. The zero-order chi connectivity index (χ0) is 13.3. The fourth-order valence-corrected chi connectivity index (χ4v) is 0.846. The van der Waals surface area contributed by atoms with Crippen LogP contribution >= 0.6 is 0 Å². The molecular formula is C13H16O4. The fraction of sp³-hybridized carbons (Fsp3) is 0.231. The van der Waals surface area contributed by atoms with Crippen molar-refractivity contribution in [2.24, 2.45) is 0 Å². The highest BCUT2D eigenvalue weighted by Crippen LogP contribution is 2.02. The van der Waals surface area contributed by atoms with E-state index in [2.05, 4.69) is 6.58 Å². The van der Waals surface area contributed by atoms with Crippen molar-refractivity contribution in [3.8, 4) is 0 Å². The molecule has 0 unspecified atom stereocenters. The van der Waals surface area contributed by atoms with E-state index < -0.39 is 5.97 Å². The summed E-state index contributed by atoms with van der Waals surface area (Å²) in [6, 6.07) is 9.55. The van der Waals surface area contributed by atoms with Crippen LogP contribution in [0.1, 0.15) is 19.4 Å². The molecule has 0 radical (unpaired) electrons. The number of carboxylic acids is 1. The van der Waals surface area contributed by atoms with Crippen molar-refractivity contribution in [3.05, 3.63) is 48.0 Å². The van der Waals surface area contributed by atoms with Gasteiger partial charge in [-0.1, -0.05) is 36.9 Å². The van der Waals surface area contributed by atoms with Crippen molar-refractivity contribution in [2.45, 2.75) is 20.5 Å². The minimum Gasteiger partial charge on any atom is -0.481 e. The molecule has 1 aromatic rings. The summed E-state index contributed by atoms with van der Waals surface area (Å²) in [6.07, 6.45) is 0. The Bertz CT molecular complexity index is 378. The van der Waals surface area contributed by atoms with E-state index in [-0.39, 0.29) is 5.97 Å². The summed E-state index contributed by atoms with van der Waals surface area (Å²) in [4.78, 5) is 20.0. The number of hydrogen-bond acceptors (Lipinski definition) is 3. The molecule has 4 nitrogen and oxygen atoms in total. The van der Waals surface area contributed by atoms with Crippen LogP contribution < -0.4 is 0 Å². The van der Waals surface area contributed by atoms with Gasteiger partial charge in [0.1, 0.15) is 6.61 Å². The number of ether oxygens (including phenoxy) is 1. The highest BCUT2D eigenvalue weighted by atomic mass is 16.5. The van der Waals surface area contributed by atoms with E-state index in [0.29, 0.717) is 12.2 Å². The molecule has 92 valence electrons. The molecule has 0 heterocycles. The van der Waals surface area contributed by atoms with E-state index in [1.807, 2.05) is 30.3 Å². The molecule has 4 heteroatoms. The number of benzene rings is 1. The number of carbonyl (C=O) groups is 2. The molecule has 0 bridgehead atoms. The maximum atomic E-state index is 11.0. The summed E-state index contributed by atoms with van der Waals surface area (Å²) in [5, 5.41) is 7.42. The predicted molar refractivity (Wildman–Crippen MR) is 64.4 cm³/mol. The second kappa shape index (κ2) is 8.10. The average molecular weight is 236 g/mol. The van der Waals surface area contributed by atoms with Crippen LogP contribution in [0.2, 0.25) is 0 Å². The van der Waals surface area contributed by atoms with Crippen LogP contribution in [-0.4, -0.2) is 17.0 Å². The lowest BCUT2D eigenvalue weighted by Crippen LogP contribution is -2.04. The summed E-state index contributed by atoms with van der Waals surface area (Å²) < 4.78 is 4.95. The van der Waals surface area contributed by atoms with Gasteiger partial charge in [-0.25, -0.2) is 4.79 Å². The lowest BCUT2D eigenvalue weighted by Gasteiger charge is -2.03. The number of carboxylic acid groups (broad SMARTS) is 1. The van der Waals surface area contributed by atoms with Crippen LogP contribution in [0.4, 0.5) is 0 Å². The summed E-state index contributed by atoms with van der Waals surface area (Å²) >= 11 is 0. The summed E-state index contributed by atoms with van der Waals surface area (Å²) in [7, 11) is 0. The number of carbonyl (C=O) groups excluding carboxylic acids is 1. The van der Waals surface area contributed by atoms with Gasteiger partial charge >= 0.3 is 5.97 Å². The third kappa shape index (κ3) is 8.87. The number of hydrogen-bond donors (Lipinski definition) is 1. The Labute approximate surface area is 101 Å². The molecule has 0 fully saturated rings. The molecule has 0 aliphatic carbocycles. The topological polar surface area (TPSA) is 63.6 Å². The smallest absolute Gasteiger partial charge is 0.333 e. The Morgan fingerprint density at radius 1 is 1.24 bits per heavy atom. The van der Waals surface area contributed by atoms with Crippen LogP contribution in [0.15, 0.2) is 42.5 Å². The van der Waals surface area contributed by atoms with E-state index in [9.17, 15) is 4.79 Å². The molecule has 0 saturated heterocycles. The minimum absolute atomic E-state index is 0.312. The molecule has 0 aliphatic rings. The van der Waals surface area contributed by atoms with Crippen molar-refractivity contribution >= 4 is 11.9 Å². The average Bonchev–Trinajstić information content (AvgIpc) is 2.26. The first-order valence-electron chi connectivity index (χ1n) is 4.99. The summed E-state index contributed by atoms with van der Waals surface area (Å²) in [6.45, 7) is 6.52. The van der Waals surface area contributed by atoms with Gasteiger partial charge in [-0.2, -0.15) is 0 Å². The lowest BCUT2D eigenvalue weighted by molar-refractivity contribution is -0.140. The first-order chi connectivity index (χ1) is 7.93. The van der Waals surface area contributed by atoms with Gasteiger partial charge in [-0.3, -0.25) is 4.79 Å². The quantitative estimate of drug-likeness (QED) is 0.646. The van der Waals surface area contributed by atoms with Crippen molar-refractivity contribution in [3.63, 3.8) is 0 Å². The highest BCUT2D eigenvalue weighted by molar-refractivity contribution is 5.86. The minimum atomic E-state index is -0.833. The van der Waals surface area contributed by atoms with Crippen molar-refractivity contribution in [1.29, 1.82) is 0 Å². The molecule has 0 spiro atoms. The molecule has 1 N–H and O–H groups in total. The fourth-order valence-electron chi connectivity index (χ4n) is 0.846. The van der Waals surface area contributed by atoms with Gasteiger partial charge in [0.05, 0.1) is 0 Å². The standard InChI is InChI=1S/C11H12O2.C2H4O2/c1-9(2)11(12)13-8-10-6-4-3-5-7-10;1-2(3)4/h3-7H,1,8H2,2H3;1H3,(H,3,4). The molecule has 0 aliphatic heterocycles. The van der Waals surface area contributed by atoms with Gasteiger partial charge in [0.2, 0.25) is 0 Å². The molecule has 17 heavy (non-hydrogen) atoms. The van der Waals surface area contributed by atoms with Crippen molar-refractivity contribution in [1.82, 2.24) is 0 Å². The molecular weight excluding hydrogens is 220 g/mol. The third-order valence-corrected chi connectivity index (χ3v) is 1.56. The lowest BCUT2D eigenvalue weighted by atomic mass is 10.2. The first-order valence-corrected chi connectivity index (χ1v) is 4.99. The van der Waals surface area contributed by atoms with E-state index in [1.54, 1.807) is 6.92 Å². The zero-order valence-corrected chi connectivity index (χ0v) is 9.97. The van der Waals surface area contributed by atoms with Crippen LogP contribution in [0.25, 0.3) is 0 Å². The van der Waals surface area contributed by atoms with Crippen LogP contribution in [0.5, 0.6) is 0 Å². The molecule has 1 aromatic carbocycles. The highest BCUT2D eigenvalue weighted by Gasteiger charge is 2.02. The van der Waals surface area contributed by atoms with E-state index in [0.717, 1.165) is 12.5 Å². The largest absolute Gasteiger partial charge is 0.481 e. The zero-order valence-electron chi connectivity index (χ0n) is 9.97. The Balaban J connectivity index is 0.000000557. The van der Waals surface area contributed by atoms with Gasteiger partial charge in [-0.05, 0) is 12.5 Å². The van der Waals surface area contributed by atoms with Gasteiger partial charge in [-0.15, -0.1) is 0 Å². The van der Waals surface area contributed by atoms with E-state index in [4.69, 9.17) is 14.6 Å². The summed E-state index contributed by atoms with van der Waals surface area (Å²) in [5.41, 5.74) is 1.41. The number of esters is 1. The Morgan fingerprint density at radius 2 is 1.71 bits per heavy atom. The first kappa shape index (κ1) is 14.9. The Hall–Kier alpha value is -2.10. The van der Waals surface area contributed by atoms with Gasteiger partial charge in [0.25, 0.3) is 5.97 Å². The monoisotopic (exact) mass is 236 g/mol. The Kier molecular flexibility index (Phi) is 7.10. The number of rotatable bonds is 3. The SMILES string of the molecule is C=C(C)C(=O)OCc1ccccc1.CC(=O)O. The maximum Gasteiger partial charge on any atom is 0.333 e. The predicted octanol–water partition coefficient (Wildman–Crippen LogP) is 2.40. The second-order valence-electron chi connectivity index (χ2n) is 3.36. The van der Waals surface area contributed by atoms with Crippen molar-refractivity contribution in [2.75, 3.05) is 0 Å². The third-order valence-electron chi connectivity index (χ3n) is 1.56. The van der Waals surface area contributed by atoms with E-state index in [1.165, 1.54) is 0 Å². The molecule has 0 aromatic heterocycles. The van der Waals surface area contributed by atoms with E-state index >= 15 is 0 Å². The molecule has 1 rings (SSSR count). The maximum absolute atomic E-state index is 11.0. The van der Waals surface area contributed by atoms with Crippen LogP contribution in [0.3, 0.4) is 0 Å².